The lowest BCUT2D eigenvalue weighted by Crippen LogP contribution is -2.20. The lowest BCUT2D eigenvalue weighted by Gasteiger charge is -2.24. The SMILES string of the molecule is SN1CCCc2ncccc21. The molecule has 0 fully saturated rings. The third-order valence-electron chi connectivity index (χ3n) is 1.93. The molecule has 2 rings (SSSR count). The summed E-state index contributed by atoms with van der Waals surface area (Å²) in [5.74, 6) is 0. The molecule has 3 heteroatoms. The maximum absolute atomic E-state index is 4.33. The molecular formula is C8H10N2S. The Morgan fingerprint density at radius 2 is 2.45 bits per heavy atom. The molecule has 0 atom stereocenters. The second-order valence-corrected chi connectivity index (χ2v) is 3.18. The maximum Gasteiger partial charge on any atom is 0.0682 e. The molecule has 0 radical (unpaired) electrons. The third-order valence-corrected chi connectivity index (χ3v) is 2.34. The summed E-state index contributed by atoms with van der Waals surface area (Å²) >= 11 is 4.33. The van der Waals surface area contributed by atoms with Gasteiger partial charge in [-0.15, -0.1) is 0 Å². The molecule has 0 N–H and O–H groups in total. The van der Waals surface area contributed by atoms with Crippen molar-refractivity contribution in [1.82, 2.24) is 4.98 Å². The van der Waals surface area contributed by atoms with Crippen molar-refractivity contribution in [2.45, 2.75) is 12.8 Å². The molecule has 0 bridgehead atoms. The van der Waals surface area contributed by atoms with Gasteiger partial charge in [-0.2, -0.15) is 0 Å². The molecule has 0 aromatic carbocycles. The summed E-state index contributed by atoms with van der Waals surface area (Å²) in [6, 6.07) is 4.02. The molecule has 11 heavy (non-hydrogen) atoms. The zero-order chi connectivity index (χ0) is 7.68. The van der Waals surface area contributed by atoms with E-state index in [1.165, 1.54) is 11.4 Å². The highest BCUT2D eigenvalue weighted by atomic mass is 32.1. The van der Waals surface area contributed by atoms with E-state index in [1.807, 2.05) is 16.6 Å². The van der Waals surface area contributed by atoms with Gasteiger partial charge in [-0.3, -0.25) is 4.98 Å². The first-order valence-corrected chi connectivity index (χ1v) is 4.18. The Morgan fingerprint density at radius 3 is 3.27 bits per heavy atom. The minimum atomic E-state index is 1.03. The van der Waals surface area contributed by atoms with Crippen molar-refractivity contribution in [3.05, 3.63) is 24.0 Å². The predicted octanol–water partition coefficient (Wildman–Crippen LogP) is 1.68. The quantitative estimate of drug-likeness (QED) is 0.590. The van der Waals surface area contributed by atoms with Crippen LogP contribution in [0.1, 0.15) is 12.1 Å². The number of anilines is 1. The Kier molecular flexibility index (Phi) is 1.74. The summed E-state index contributed by atoms with van der Waals surface area (Å²) in [4.78, 5) is 4.28. The maximum atomic E-state index is 4.33. The molecular weight excluding hydrogens is 156 g/mol. The van der Waals surface area contributed by atoms with Crippen molar-refractivity contribution < 1.29 is 0 Å². The van der Waals surface area contributed by atoms with Crippen LogP contribution >= 0.6 is 12.8 Å². The van der Waals surface area contributed by atoms with E-state index < -0.39 is 0 Å². The first-order chi connectivity index (χ1) is 5.38. The number of fused-ring (bicyclic) bond motifs is 1. The van der Waals surface area contributed by atoms with Gasteiger partial charge in [0.2, 0.25) is 0 Å². The number of aryl methyl sites for hydroxylation is 1. The number of thiol groups is 1. The Labute approximate surface area is 71.8 Å². The average molecular weight is 166 g/mol. The summed E-state index contributed by atoms with van der Waals surface area (Å²) in [6.07, 6.45) is 4.09. The minimum Gasteiger partial charge on any atom is -0.317 e. The Balaban J connectivity index is 2.44. The number of pyridine rings is 1. The van der Waals surface area contributed by atoms with E-state index in [9.17, 15) is 0 Å². The van der Waals surface area contributed by atoms with Gasteiger partial charge in [0, 0.05) is 12.7 Å². The van der Waals surface area contributed by atoms with Crippen molar-refractivity contribution in [2.24, 2.45) is 0 Å². The van der Waals surface area contributed by atoms with E-state index in [0.29, 0.717) is 0 Å². The molecule has 2 heterocycles. The molecule has 0 aliphatic carbocycles. The molecule has 2 nitrogen and oxygen atoms in total. The van der Waals surface area contributed by atoms with Crippen molar-refractivity contribution >= 4 is 18.5 Å². The fourth-order valence-corrected chi connectivity index (χ4v) is 1.70. The van der Waals surface area contributed by atoms with Crippen LogP contribution in [0.5, 0.6) is 0 Å². The fourth-order valence-electron chi connectivity index (χ4n) is 1.37. The van der Waals surface area contributed by atoms with Crippen LogP contribution < -0.4 is 4.31 Å². The number of aromatic nitrogens is 1. The van der Waals surface area contributed by atoms with E-state index in [-0.39, 0.29) is 0 Å². The zero-order valence-corrected chi connectivity index (χ0v) is 7.09. The first kappa shape index (κ1) is 6.98. The summed E-state index contributed by atoms with van der Waals surface area (Å²) < 4.78 is 1.96. The van der Waals surface area contributed by atoms with Gasteiger partial charge in [0.15, 0.2) is 0 Å². The van der Waals surface area contributed by atoms with Crippen LogP contribution in [0.2, 0.25) is 0 Å². The van der Waals surface area contributed by atoms with E-state index in [4.69, 9.17) is 0 Å². The minimum absolute atomic E-state index is 1.03. The Bertz CT molecular complexity index is 262. The zero-order valence-electron chi connectivity index (χ0n) is 6.20. The predicted molar refractivity (Wildman–Crippen MR) is 48.9 cm³/mol. The average Bonchev–Trinajstić information content (AvgIpc) is 2.06. The molecule has 1 aliphatic rings. The van der Waals surface area contributed by atoms with Crippen LogP contribution in [0.4, 0.5) is 5.69 Å². The summed E-state index contributed by atoms with van der Waals surface area (Å²) in [7, 11) is 0. The van der Waals surface area contributed by atoms with Crippen LogP contribution in [-0.2, 0) is 6.42 Å². The van der Waals surface area contributed by atoms with Gasteiger partial charge in [-0.05, 0) is 25.0 Å². The van der Waals surface area contributed by atoms with Gasteiger partial charge >= 0.3 is 0 Å². The molecule has 0 unspecified atom stereocenters. The van der Waals surface area contributed by atoms with Crippen molar-refractivity contribution in [3.8, 4) is 0 Å². The first-order valence-electron chi connectivity index (χ1n) is 3.78. The monoisotopic (exact) mass is 166 g/mol. The number of rotatable bonds is 0. The Hall–Kier alpha value is -0.700. The number of hydrogen-bond donors (Lipinski definition) is 1. The van der Waals surface area contributed by atoms with Crippen molar-refractivity contribution in [1.29, 1.82) is 0 Å². The van der Waals surface area contributed by atoms with E-state index in [2.05, 4.69) is 23.9 Å². The topological polar surface area (TPSA) is 16.1 Å². The molecule has 1 aromatic rings. The second-order valence-electron chi connectivity index (χ2n) is 2.70. The summed E-state index contributed by atoms with van der Waals surface area (Å²) in [5, 5.41) is 0. The summed E-state index contributed by atoms with van der Waals surface area (Å²) in [6.45, 7) is 1.03. The lowest BCUT2D eigenvalue weighted by atomic mass is 10.1. The highest BCUT2D eigenvalue weighted by Crippen LogP contribution is 2.25. The van der Waals surface area contributed by atoms with Gasteiger partial charge in [-0.1, -0.05) is 12.8 Å². The van der Waals surface area contributed by atoms with Crippen LogP contribution in [0, 0.1) is 0 Å². The molecule has 1 aliphatic heterocycles. The molecule has 1 aromatic heterocycles. The largest absolute Gasteiger partial charge is 0.317 e. The fraction of sp³-hybridized carbons (Fsp3) is 0.375. The highest BCUT2D eigenvalue weighted by molar-refractivity contribution is 7.81. The molecule has 0 saturated heterocycles. The van der Waals surface area contributed by atoms with E-state index >= 15 is 0 Å². The number of hydrogen-bond acceptors (Lipinski definition) is 3. The van der Waals surface area contributed by atoms with Gasteiger partial charge < -0.3 is 4.31 Å². The standard InChI is InChI=1S/C8H10N2S/c11-10-6-2-3-7-8(10)4-1-5-9-7/h1,4-5,11H,2-3,6H2. The molecule has 0 amide bonds. The highest BCUT2D eigenvalue weighted by Gasteiger charge is 2.13. The number of nitrogens with zero attached hydrogens (tertiary/aromatic N) is 2. The lowest BCUT2D eigenvalue weighted by molar-refractivity contribution is 0.772. The van der Waals surface area contributed by atoms with Crippen molar-refractivity contribution in [2.75, 3.05) is 10.8 Å². The molecule has 0 saturated carbocycles. The van der Waals surface area contributed by atoms with Gasteiger partial charge in [-0.25, -0.2) is 0 Å². The van der Waals surface area contributed by atoms with Crippen LogP contribution in [0.25, 0.3) is 0 Å². The van der Waals surface area contributed by atoms with E-state index in [1.54, 1.807) is 0 Å². The Morgan fingerprint density at radius 1 is 1.55 bits per heavy atom. The third kappa shape index (κ3) is 1.20. The van der Waals surface area contributed by atoms with Crippen LogP contribution in [-0.4, -0.2) is 11.5 Å². The van der Waals surface area contributed by atoms with Gasteiger partial charge in [0.1, 0.15) is 0 Å². The second kappa shape index (κ2) is 2.74. The normalized spacial score (nSPS) is 16.3. The summed E-state index contributed by atoms with van der Waals surface area (Å²) in [5.41, 5.74) is 2.34. The van der Waals surface area contributed by atoms with Crippen molar-refractivity contribution in [3.63, 3.8) is 0 Å². The molecule has 0 spiro atoms. The van der Waals surface area contributed by atoms with Gasteiger partial charge in [0.05, 0.1) is 11.4 Å². The van der Waals surface area contributed by atoms with Crippen LogP contribution in [0.3, 0.4) is 0 Å². The molecule has 58 valence electrons. The van der Waals surface area contributed by atoms with Gasteiger partial charge in [0.25, 0.3) is 0 Å². The smallest absolute Gasteiger partial charge is 0.0682 e. The van der Waals surface area contributed by atoms with Crippen LogP contribution in [0.15, 0.2) is 18.3 Å². The van der Waals surface area contributed by atoms with E-state index in [0.717, 1.165) is 19.4 Å².